The SMILES string of the molecule is CCCCCCc1cc(Cc2cc(CCCCCC)cc(C(C)(C)C)c2C)c(C)c(C(C)(C)C)c1. The molecule has 0 spiro atoms. The highest BCUT2D eigenvalue weighted by atomic mass is 14.3. The van der Waals surface area contributed by atoms with Gasteiger partial charge < -0.3 is 0 Å². The van der Waals surface area contributed by atoms with Crippen molar-refractivity contribution < 1.29 is 0 Å². The van der Waals surface area contributed by atoms with E-state index in [0.717, 1.165) is 6.42 Å². The van der Waals surface area contributed by atoms with Crippen molar-refractivity contribution in [3.05, 3.63) is 68.8 Å². The van der Waals surface area contributed by atoms with E-state index in [9.17, 15) is 0 Å². The van der Waals surface area contributed by atoms with Crippen molar-refractivity contribution in [1.29, 1.82) is 0 Å². The van der Waals surface area contributed by atoms with Crippen LogP contribution in [0, 0.1) is 13.8 Å². The van der Waals surface area contributed by atoms with Gasteiger partial charge in [-0.05, 0) is 101 Å². The van der Waals surface area contributed by atoms with Gasteiger partial charge in [0.15, 0.2) is 0 Å². The number of unbranched alkanes of at least 4 members (excludes halogenated alkanes) is 6. The average molecular weight is 477 g/mol. The summed E-state index contributed by atoms with van der Waals surface area (Å²) in [4.78, 5) is 0. The molecule has 0 bridgehead atoms. The third-order valence-corrected chi connectivity index (χ3v) is 7.79. The number of aryl methyl sites for hydroxylation is 2. The molecule has 0 unspecified atom stereocenters. The van der Waals surface area contributed by atoms with Crippen LogP contribution in [0.3, 0.4) is 0 Å². The summed E-state index contributed by atoms with van der Waals surface area (Å²) in [6.45, 7) is 23.6. The molecule has 0 aliphatic rings. The third kappa shape index (κ3) is 8.80. The Morgan fingerprint density at radius 2 is 0.886 bits per heavy atom. The van der Waals surface area contributed by atoms with Gasteiger partial charge in [-0.3, -0.25) is 0 Å². The second-order valence-electron chi connectivity index (χ2n) is 13.2. The Morgan fingerprint density at radius 1 is 0.514 bits per heavy atom. The molecular formula is C35H56. The fourth-order valence-electron chi connectivity index (χ4n) is 5.61. The monoisotopic (exact) mass is 476 g/mol. The van der Waals surface area contributed by atoms with Gasteiger partial charge >= 0.3 is 0 Å². The second kappa shape index (κ2) is 13.1. The van der Waals surface area contributed by atoms with E-state index >= 15 is 0 Å². The maximum Gasteiger partial charge on any atom is -0.00201 e. The van der Waals surface area contributed by atoms with E-state index < -0.39 is 0 Å². The van der Waals surface area contributed by atoms with Crippen LogP contribution in [0.2, 0.25) is 0 Å². The van der Waals surface area contributed by atoms with Crippen molar-refractivity contribution in [3.63, 3.8) is 0 Å². The van der Waals surface area contributed by atoms with Crippen molar-refractivity contribution in [2.45, 2.75) is 151 Å². The topological polar surface area (TPSA) is 0 Å². The van der Waals surface area contributed by atoms with Crippen molar-refractivity contribution in [2.24, 2.45) is 0 Å². The first-order valence-corrected chi connectivity index (χ1v) is 14.6. The smallest absolute Gasteiger partial charge is 0.00201 e. The lowest BCUT2D eigenvalue weighted by atomic mass is 9.78. The van der Waals surface area contributed by atoms with Crippen molar-refractivity contribution >= 4 is 0 Å². The molecule has 0 fully saturated rings. The van der Waals surface area contributed by atoms with E-state index in [-0.39, 0.29) is 10.8 Å². The standard InChI is InChI=1S/C35H56/c1-11-13-15-17-19-28-21-30(26(3)32(23-28)34(5,6)7)25-31-22-29(20-18-16-14-12-2)24-33(27(31)4)35(8,9)10/h21-24H,11-20,25H2,1-10H3. The maximum absolute atomic E-state index is 2.54. The van der Waals surface area contributed by atoms with E-state index in [2.05, 4.69) is 93.5 Å². The van der Waals surface area contributed by atoms with Gasteiger partial charge in [0, 0.05) is 0 Å². The van der Waals surface area contributed by atoms with Gasteiger partial charge in [-0.1, -0.05) is 118 Å². The van der Waals surface area contributed by atoms with Crippen LogP contribution in [0.5, 0.6) is 0 Å². The summed E-state index contributed by atoms with van der Waals surface area (Å²) in [5.41, 5.74) is 12.6. The Kier molecular flexibility index (Phi) is 11.1. The fourth-order valence-corrected chi connectivity index (χ4v) is 5.61. The molecule has 0 atom stereocenters. The molecule has 196 valence electrons. The summed E-state index contributed by atoms with van der Waals surface area (Å²) >= 11 is 0. The molecule has 0 heteroatoms. The van der Waals surface area contributed by atoms with E-state index in [1.54, 1.807) is 0 Å². The van der Waals surface area contributed by atoms with Gasteiger partial charge in [-0.25, -0.2) is 0 Å². The number of rotatable bonds is 12. The predicted molar refractivity (Wildman–Crippen MR) is 158 cm³/mol. The molecule has 35 heavy (non-hydrogen) atoms. The largest absolute Gasteiger partial charge is 0.0654 e. The second-order valence-corrected chi connectivity index (χ2v) is 13.2. The molecule has 0 heterocycles. The van der Waals surface area contributed by atoms with Gasteiger partial charge in [-0.15, -0.1) is 0 Å². The highest BCUT2D eigenvalue weighted by molar-refractivity contribution is 5.48. The zero-order valence-electron chi connectivity index (χ0n) is 25.1. The molecule has 0 saturated carbocycles. The van der Waals surface area contributed by atoms with Crippen LogP contribution >= 0.6 is 0 Å². The summed E-state index contributed by atoms with van der Waals surface area (Å²) in [6.07, 6.45) is 14.1. The van der Waals surface area contributed by atoms with E-state index in [1.807, 2.05) is 0 Å². The van der Waals surface area contributed by atoms with Gasteiger partial charge in [-0.2, -0.15) is 0 Å². The number of benzene rings is 2. The molecule has 2 rings (SSSR count). The van der Waals surface area contributed by atoms with Crippen molar-refractivity contribution in [3.8, 4) is 0 Å². The van der Waals surface area contributed by atoms with E-state index in [0.29, 0.717) is 0 Å². The quantitative estimate of drug-likeness (QED) is 0.267. The summed E-state index contributed by atoms with van der Waals surface area (Å²) < 4.78 is 0. The molecular weight excluding hydrogens is 420 g/mol. The highest BCUT2D eigenvalue weighted by Crippen LogP contribution is 2.34. The first kappa shape index (κ1) is 29.7. The lowest BCUT2D eigenvalue weighted by Crippen LogP contribution is -2.17. The lowest BCUT2D eigenvalue weighted by Gasteiger charge is -2.27. The van der Waals surface area contributed by atoms with E-state index in [4.69, 9.17) is 0 Å². The first-order chi connectivity index (χ1) is 16.4. The minimum absolute atomic E-state index is 0.172. The van der Waals surface area contributed by atoms with Crippen LogP contribution in [-0.2, 0) is 30.1 Å². The van der Waals surface area contributed by atoms with Crippen LogP contribution in [-0.4, -0.2) is 0 Å². The molecule has 0 saturated heterocycles. The van der Waals surface area contributed by atoms with Crippen molar-refractivity contribution in [2.75, 3.05) is 0 Å². The van der Waals surface area contributed by atoms with Crippen LogP contribution in [0.1, 0.15) is 151 Å². The summed E-state index contributed by atoms with van der Waals surface area (Å²) in [6, 6.07) is 10.1. The summed E-state index contributed by atoms with van der Waals surface area (Å²) in [7, 11) is 0. The van der Waals surface area contributed by atoms with Gasteiger partial charge in [0.1, 0.15) is 0 Å². The normalized spacial score (nSPS) is 12.4. The Hall–Kier alpha value is -1.56. The molecule has 0 amide bonds. The first-order valence-electron chi connectivity index (χ1n) is 14.6. The minimum Gasteiger partial charge on any atom is -0.0654 e. The Balaban J connectivity index is 2.48. The lowest BCUT2D eigenvalue weighted by molar-refractivity contribution is 0.581. The van der Waals surface area contributed by atoms with Gasteiger partial charge in [0.05, 0.1) is 0 Å². The molecule has 0 radical (unpaired) electrons. The van der Waals surface area contributed by atoms with Crippen LogP contribution in [0.25, 0.3) is 0 Å². The minimum atomic E-state index is 0.172. The molecule has 0 N–H and O–H groups in total. The molecule has 0 aromatic heterocycles. The number of hydrogen-bond acceptors (Lipinski definition) is 0. The molecule has 0 aliphatic heterocycles. The Labute approximate surface area is 219 Å². The molecule has 0 aliphatic carbocycles. The van der Waals surface area contributed by atoms with E-state index in [1.165, 1.54) is 109 Å². The molecule has 2 aromatic rings. The highest BCUT2D eigenvalue weighted by Gasteiger charge is 2.22. The number of hydrogen-bond donors (Lipinski definition) is 0. The van der Waals surface area contributed by atoms with Crippen LogP contribution in [0.15, 0.2) is 24.3 Å². The Bertz CT molecular complexity index is 852. The average Bonchev–Trinajstić information content (AvgIpc) is 2.76. The Morgan fingerprint density at radius 3 is 1.20 bits per heavy atom. The predicted octanol–water partition coefficient (Wildman–Crippen LogP) is 10.7. The van der Waals surface area contributed by atoms with Crippen molar-refractivity contribution in [1.82, 2.24) is 0 Å². The molecule has 0 nitrogen and oxygen atoms in total. The molecule has 2 aromatic carbocycles. The van der Waals surface area contributed by atoms with Crippen LogP contribution in [0.4, 0.5) is 0 Å². The van der Waals surface area contributed by atoms with Crippen LogP contribution < -0.4 is 0 Å². The fraction of sp³-hybridized carbons (Fsp3) is 0.657. The zero-order chi connectivity index (χ0) is 26.2. The summed E-state index contributed by atoms with van der Waals surface area (Å²) in [5, 5.41) is 0. The van der Waals surface area contributed by atoms with Gasteiger partial charge in [0.2, 0.25) is 0 Å². The summed E-state index contributed by atoms with van der Waals surface area (Å²) in [5.74, 6) is 0. The maximum atomic E-state index is 2.54. The third-order valence-electron chi connectivity index (χ3n) is 7.79. The van der Waals surface area contributed by atoms with Gasteiger partial charge in [0.25, 0.3) is 0 Å². The zero-order valence-corrected chi connectivity index (χ0v) is 25.1.